The third-order valence-electron chi connectivity index (χ3n) is 9.29. The van der Waals surface area contributed by atoms with E-state index in [2.05, 4.69) is 13.8 Å². The zero-order valence-electron chi connectivity index (χ0n) is 30.7. The molecular formula is C39H77NO5. The molecule has 0 saturated heterocycles. The van der Waals surface area contributed by atoms with Crippen molar-refractivity contribution in [3.63, 3.8) is 0 Å². The summed E-state index contributed by atoms with van der Waals surface area (Å²) in [6.45, 7) is 9.45. The predicted molar refractivity (Wildman–Crippen MR) is 190 cm³/mol. The first-order valence-corrected chi connectivity index (χ1v) is 19.5. The summed E-state index contributed by atoms with van der Waals surface area (Å²) in [5, 5.41) is 10.6. The van der Waals surface area contributed by atoms with Crippen molar-refractivity contribution >= 4 is 11.9 Å². The summed E-state index contributed by atoms with van der Waals surface area (Å²) in [5.74, 6) is -1.29. The molecule has 3 atom stereocenters. The SMILES string of the molecule is CCCCCCCCCCCCCCCC(=O)OC(C)C(C(C)OC(=O)CCCCCCCCCCCCCCC)C(C)(N)O. The molecule has 0 aliphatic rings. The number of rotatable bonds is 33. The number of nitrogens with two attached hydrogens (primary N) is 1. The average Bonchev–Trinajstić information content (AvgIpc) is 2.97. The van der Waals surface area contributed by atoms with Gasteiger partial charge in [0.2, 0.25) is 0 Å². The maximum Gasteiger partial charge on any atom is 0.306 e. The topological polar surface area (TPSA) is 98.9 Å². The van der Waals surface area contributed by atoms with Gasteiger partial charge in [0.05, 0.1) is 5.92 Å². The fraction of sp³-hybridized carbons (Fsp3) is 0.949. The highest BCUT2D eigenvalue weighted by atomic mass is 16.6. The van der Waals surface area contributed by atoms with Gasteiger partial charge < -0.3 is 20.3 Å². The second kappa shape index (κ2) is 30.2. The van der Waals surface area contributed by atoms with E-state index in [1.807, 2.05) is 0 Å². The van der Waals surface area contributed by atoms with E-state index in [4.69, 9.17) is 15.2 Å². The van der Waals surface area contributed by atoms with Crippen molar-refractivity contribution in [3.8, 4) is 0 Å². The van der Waals surface area contributed by atoms with Crippen molar-refractivity contribution in [1.29, 1.82) is 0 Å². The molecule has 0 radical (unpaired) electrons. The van der Waals surface area contributed by atoms with E-state index >= 15 is 0 Å². The smallest absolute Gasteiger partial charge is 0.306 e. The van der Waals surface area contributed by atoms with Gasteiger partial charge in [0.15, 0.2) is 0 Å². The Morgan fingerprint density at radius 3 is 0.956 bits per heavy atom. The van der Waals surface area contributed by atoms with Crippen LogP contribution in [0.15, 0.2) is 0 Å². The number of aliphatic hydroxyl groups is 1. The summed E-state index contributed by atoms with van der Waals surface area (Å²) in [6, 6.07) is 0. The van der Waals surface area contributed by atoms with Crippen LogP contribution in [0.5, 0.6) is 0 Å². The molecule has 0 aliphatic carbocycles. The molecule has 0 aromatic heterocycles. The lowest BCUT2D eigenvalue weighted by molar-refractivity contribution is -0.173. The first kappa shape index (κ1) is 43.9. The Bertz CT molecular complexity index is 627. The van der Waals surface area contributed by atoms with Crippen LogP contribution >= 0.6 is 0 Å². The lowest BCUT2D eigenvalue weighted by Crippen LogP contribution is -2.54. The van der Waals surface area contributed by atoms with E-state index in [0.717, 1.165) is 38.5 Å². The van der Waals surface area contributed by atoms with Crippen LogP contribution in [0.2, 0.25) is 0 Å². The van der Waals surface area contributed by atoms with Gasteiger partial charge in [-0.3, -0.25) is 9.59 Å². The molecule has 6 heteroatoms. The molecular weight excluding hydrogens is 562 g/mol. The summed E-state index contributed by atoms with van der Waals surface area (Å²) >= 11 is 0. The van der Waals surface area contributed by atoms with E-state index < -0.39 is 23.9 Å². The Labute approximate surface area is 279 Å². The second-order valence-electron chi connectivity index (χ2n) is 14.1. The van der Waals surface area contributed by atoms with Gasteiger partial charge in [-0.25, -0.2) is 0 Å². The molecule has 0 fully saturated rings. The van der Waals surface area contributed by atoms with Crippen LogP contribution < -0.4 is 5.73 Å². The fourth-order valence-electron chi connectivity index (χ4n) is 6.59. The quantitative estimate of drug-likeness (QED) is 0.0421. The molecule has 0 aliphatic heterocycles. The van der Waals surface area contributed by atoms with Gasteiger partial charge in [-0.2, -0.15) is 0 Å². The zero-order valence-corrected chi connectivity index (χ0v) is 30.7. The number of carbonyl (C=O) groups is 2. The maximum absolute atomic E-state index is 12.5. The molecule has 45 heavy (non-hydrogen) atoms. The number of unbranched alkanes of at least 4 members (excludes halogenated alkanes) is 24. The third-order valence-corrected chi connectivity index (χ3v) is 9.29. The molecule has 3 N–H and O–H groups in total. The van der Waals surface area contributed by atoms with E-state index in [1.165, 1.54) is 135 Å². The van der Waals surface area contributed by atoms with Crippen molar-refractivity contribution in [2.75, 3.05) is 0 Å². The molecule has 0 heterocycles. The van der Waals surface area contributed by atoms with Crippen LogP contribution in [-0.4, -0.2) is 35.0 Å². The number of hydrogen-bond donors (Lipinski definition) is 2. The number of carbonyl (C=O) groups excluding carboxylic acids is 2. The fourth-order valence-corrected chi connectivity index (χ4v) is 6.59. The van der Waals surface area contributed by atoms with Crippen LogP contribution in [0.25, 0.3) is 0 Å². The highest BCUT2D eigenvalue weighted by Crippen LogP contribution is 2.26. The highest BCUT2D eigenvalue weighted by molar-refractivity contribution is 5.70. The molecule has 0 bridgehead atoms. The molecule has 0 amide bonds. The summed E-state index contributed by atoms with van der Waals surface area (Å²) in [6.07, 6.45) is 32.0. The average molecular weight is 640 g/mol. The normalized spacial score (nSPS) is 14.9. The van der Waals surface area contributed by atoms with E-state index in [-0.39, 0.29) is 11.9 Å². The van der Waals surface area contributed by atoms with E-state index in [1.54, 1.807) is 13.8 Å². The Balaban J connectivity index is 4.05. The Morgan fingerprint density at radius 1 is 0.511 bits per heavy atom. The Morgan fingerprint density at radius 2 is 0.733 bits per heavy atom. The van der Waals surface area contributed by atoms with Gasteiger partial charge in [-0.05, 0) is 33.6 Å². The summed E-state index contributed by atoms with van der Waals surface area (Å²) < 4.78 is 11.3. The third kappa shape index (κ3) is 27.7. The zero-order chi connectivity index (χ0) is 33.6. The summed E-state index contributed by atoms with van der Waals surface area (Å²) in [5.41, 5.74) is 4.41. The summed E-state index contributed by atoms with van der Waals surface area (Å²) in [7, 11) is 0. The van der Waals surface area contributed by atoms with E-state index in [0.29, 0.717) is 12.8 Å². The molecule has 0 spiro atoms. The molecule has 6 nitrogen and oxygen atoms in total. The van der Waals surface area contributed by atoms with Gasteiger partial charge >= 0.3 is 11.9 Å². The van der Waals surface area contributed by atoms with Crippen LogP contribution in [0.3, 0.4) is 0 Å². The van der Waals surface area contributed by atoms with Crippen molar-refractivity contribution in [2.45, 2.75) is 232 Å². The van der Waals surface area contributed by atoms with Crippen LogP contribution in [0.1, 0.15) is 214 Å². The molecule has 268 valence electrons. The van der Waals surface area contributed by atoms with Gasteiger partial charge in [0.25, 0.3) is 0 Å². The summed E-state index contributed by atoms with van der Waals surface area (Å²) in [4.78, 5) is 25.1. The largest absolute Gasteiger partial charge is 0.462 e. The van der Waals surface area contributed by atoms with Crippen molar-refractivity contribution in [3.05, 3.63) is 0 Å². The lowest BCUT2D eigenvalue weighted by Gasteiger charge is -2.37. The Kier molecular flexibility index (Phi) is 29.4. The van der Waals surface area contributed by atoms with E-state index in [9.17, 15) is 14.7 Å². The van der Waals surface area contributed by atoms with Crippen LogP contribution in [-0.2, 0) is 19.1 Å². The monoisotopic (exact) mass is 640 g/mol. The number of ether oxygens (including phenoxy) is 2. The first-order valence-electron chi connectivity index (χ1n) is 19.5. The lowest BCUT2D eigenvalue weighted by atomic mass is 9.87. The second-order valence-corrected chi connectivity index (χ2v) is 14.1. The first-order chi connectivity index (χ1) is 21.6. The highest BCUT2D eigenvalue weighted by Gasteiger charge is 2.40. The van der Waals surface area contributed by atoms with Gasteiger partial charge in [0, 0.05) is 12.8 Å². The van der Waals surface area contributed by atoms with Gasteiger partial charge in [-0.15, -0.1) is 0 Å². The maximum atomic E-state index is 12.5. The van der Waals surface area contributed by atoms with Crippen molar-refractivity contribution in [1.82, 2.24) is 0 Å². The Hall–Kier alpha value is -1.14. The molecule has 0 aromatic rings. The number of hydrogen-bond acceptors (Lipinski definition) is 6. The molecule has 0 rings (SSSR count). The van der Waals surface area contributed by atoms with Gasteiger partial charge in [-0.1, -0.05) is 168 Å². The minimum atomic E-state index is -1.65. The van der Waals surface area contributed by atoms with Crippen molar-refractivity contribution < 1.29 is 24.2 Å². The van der Waals surface area contributed by atoms with Crippen molar-refractivity contribution in [2.24, 2.45) is 11.7 Å². The number of esters is 2. The standard InChI is InChI=1S/C39H77NO5/c1-6-8-10-12-14-16-18-20-22-24-26-28-30-32-36(41)44-34(3)38(39(5,40)43)35(4)45-37(42)33-31-29-27-25-23-21-19-17-15-13-11-9-7-2/h34-35,38,43H,6-33,40H2,1-5H3. The minimum Gasteiger partial charge on any atom is -0.462 e. The molecule has 0 saturated carbocycles. The molecule has 3 unspecified atom stereocenters. The minimum absolute atomic E-state index is 0.287. The van der Waals surface area contributed by atoms with Gasteiger partial charge in [0.1, 0.15) is 17.9 Å². The van der Waals surface area contributed by atoms with Crippen LogP contribution in [0, 0.1) is 5.92 Å². The predicted octanol–water partition coefficient (Wildman–Crippen LogP) is 11.1. The molecule has 0 aromatic carbocycles. The van der Waals surface area contributed by atoms with Crippen LogP contribution in [0.4, 0.5) is 0 Å².